The van der Waals surface area contributed by atoms with Crippen LogP contribution >= 0.6 is 0 Å². The molecule has 0 atom stereocenters. The average Bonchev–Trinajstić information content (AvgIpc) is 3.57. The molecule has 358 valence electrons. The van der Waals surface area contributed by atoms with Gasteiger partial charge in [0.05, 0.1) is 0 Å². The molecular weight excluding hydrogens is 868 g/mol. The number of nitrogens with zero attached hydrogens (tertiary/aromatic N) is 2. The Labute approximate surface area is 429 Å². The van der Waals surface area contributed by atoms with Crippen molar-refractivity contribution in [3.8, 4) is 22.3 Å². The fourth-order valence-corrected chi connectivity index (χ4v) is 12.4. The summed E-state index contributed by atoms with van der Waals surface area (Å²) in [5, 5.41) is 5.02. The van der Waals surface area contributed by atoms with Gasteiger partial charge in [0.25, 0.3) is 6.71 Å². The molecule has 72 heavy (non-hydrogen) atoms. The molecule has 12 rings (SSSR count). The van der Waals surface area contributed by atoms with Crippen LogP contribution in [0.5, 0.6) is 0 Å². The zero-order valence-corrected chi connectivity index (χ0v) is 45.1. The molecule has 9 aromatic rings. The third-order valence-electron chi connectivity index (χ3n) is 16.6. The summed E-state index contributed by atoms with van der Waals surface area (Å²) in [5.74, 6) is 0. The van der Waals surface area contributed by atoms with E-state index in [-0.39, 0.29) is 33.8 Å². The third kappa shape index (κ3) is 7.04. The number of benzene rings is 9. The van der Waals surface area contributed by atoms with Gasteiger partial charge in [0, 0.05) is 50.3 Å². The van der Waals surface area contributed by atoms with Crippen molar-refractivity contribution in [2.45, 2.75) is 124 Å². The van der Waals surface area contributed by atoms with Crippen molar-refractivity contribution in [1.82, 2.24) is 0 Å². The maximum Gasteiger partial charge on any atom is 0.252 e. The number of hydrogen-bond acceptors (Lipinski definition) is 2. The SMILES string of the molecule is CC(C)(C)c1cc(N2c3cc(-c4cccc5c4-c4ccccc4C5(C)C)cc4c3B(c3ccc5ccccc5c32)c2ccc3ccccc3c2N4c2cc(C(C)(C)C)cc(C(C)(C)C)c2)cc(C(C)(C)C)c1. The highest BCUT2D eigenvalue weighted by Gasteiger charge is 2.46. The van der Waals surface area contributed by atoms with Gasteiger partial charge in [-0.25, -0.2) is 0 Å². The molecule has 0 saturated heterocycles. The lowest BCUT2D eigenvalue weighted by Gasteiger charge is -2.46. The second-order valence-corrected chi connectivity index (χ2v) is 25.9. The smallest absolute Gasteiger partial charge is 0.252 e. The van der Waals surface area contributed by atoms with Gasteiger partial charge in [0.15, 0.2) is 0 Å². The Balaban J connectivity index is 1.29. The van der Waals surface area contributed by atoms with Crippen LogP contribution < -0.4 is 26.2 Å². The second kappa shape index (κ2) is 15.6. The maximum atomic E-state index is 2.69. The lowest BCUT2D eigenvalue weighted by atomic mass is 9.33. The van der Waals surface area contributed by atoms with E-state index in [1.54, 1.807) is 0 Å². The average molecular weight is 937 g/mol. The van der Waals surface area contributed by atoms with Gasteiger partial charge in [-0.05, 0) is 141 Å². The van der Waals surface area contributed by atoms with E-state index in [0.29, 0.717) is 0 Å². The van der Waals surface area contributed by atoms with Crippen molar-refractivity contribution in [3.63, 3.8) is 0 Å². The molecular formula is C69H69BN2. The van der Waals surface area contributed by atoms with E-state index in [0.717, 1.165) is 0 Å². The van der Waals surface area contributed by atoms with Gasteiger partial charge < -0.3 is 9.80 Å². The molecule has 0 spiro atoms. The Morgan fingerprint density at radius 2 is 0.792 bits per heavy atom. The first-order valence-corrected chi connectivity index (χ1v) is 26.4. The van der Waals surface area contributed by atoms with Crippen LogP contribution in [0.1, 0.15) is 130 Å². The van der Waals surface area contributed by atoms with E-state index < -0.39 is 0 Å². The zero-order chi connectivity index (χ0) is 50.6. The molecule has 3 heteroatoms. The van der Waals surface area contributed by atoms with Crippen LogP contribution in [-0.2, 0) is 27.1 Å². The van der Waals surface area contributed by atoms with Gasteiger partial charge in [-0.2, -0.15) is 0 Å². The predicted molar refractivity (Wildman–Crippen MR) is 313 cm³/mol. The summed E-state index contributed by atoms with van der Waals surface area (Å²) in [5.41, 5.74) is 24.2. The Morgan fingerprint density at radius 3 is 1.25 bits per heavy atom. The van der Waals surface area contributed by atoms with Crippen LogP contribution in [0, 0.1) is 0 Å². The Hall–Kier alpha value is -6.84. The minimum Gasteiger partial charge on any atom is -0.311 e. The van der Waals surface area contributed by atoms with Crippen molar-refractivity contribution in [1.29, 1.82) is 0 Å². The first kappa shape index (κ1) is 46.2. The largest absolute Gasteiger partial charge is 0.311 e. The van der Waals surface area contributed by atoms with Crippen molar-refractivity contribution in [3.05, 3.63) is 197 Å². The van der Waals surface area contributed by atoms with Gasteiger partial charge in [-0.15, -0.1) is 0 Å². The molecule has 2 nitrogen and oxygen atoms in total. The van der Waals surface area contributed by atoms with Crippen LogP contribution in [-0.4, -0.2) is 6.71 Å². The van der Waals surface area contributed by atoms with Gasteiger partial charge in [-0.1, -0.05) is 224 Å². The fraction of sp³-hybridized carbons (Fsp3) is 0.275. The van der Waals surface area contributed by atoms with Gasteiger partial charge in [-0.3, -0.25) is 0 Å². The van der Waals surface area contributed by atoms with E-state index in [4.69, 9.17) is 0 Å². The first-order chi connectivity index (χ1) is 34.0. The second-order valence-electron chi connectivity index (χ2n) is 25.9. The minimum absolute atomic E-state index is 0.0438. The van der Waals surface area contributed by atoms with E-state index in [1.807, 2.05) is 0 Å². The fourth-order valence-electron chi connectivity index (χ4n) is 12.4. The molecule has 0 bridgehead atoms. The molecule has 2 heterocycles. The third-order valence-corrected chi connectivity index (χ3v) is 16.6. The molecule has 0 saturated carbocycles. The van der Waals surface area contributed by atoms with Crippen LogP contribution in [0.25, 0.3) is 43.8 Å². The topological polar surface area (TPSA) is 6.48 Å². The van der Waals surface area contributed by atoms with Crippen molar-refractivity contribution in [2.75, 3.05) is 9.80 Å². The number of hydrogen-bond donors (Lipinski definition) is 0. The van der Waals surface area contributed by atoms with Crippen LogP contribution in [0.4, 0.5) is 34.1 Å². The number of anilines is 6. The molecule has 0 N–H and O–H groups in total. The summed E-state index contributed by atoms with van der Waals surface area (Å²) in [4.78, 5) is 5.39. The van der Waals surface area contributed by atoms with E-state index >= 15 is 0 Å². The number of fused-ring (bicyclic) bond motifs is 11. The minimum atomic E-state index is -0.142. The highest BCUT2D eigenvalue weighted by molar-refractivity contribution is 7.00. The Bertz CT molecular complexity index is 3480. The molecule has 3 aliphatic rings. The highest BCUT2D eigenvalue weighted by Crippen LogP contribution is 2.55. The molecule has 1 aliphatic carbocycles. The Kier molecular flexibility index (Phi) is 10.0. The van der Waals surface area contributed by atoms with E-state index in [9.17, 15) is 0 Å². The summed E-state index contributed by atoms with van der Waals surface area (Å²) in [7, 11) is 0. The lowest BCUT2D eigenvalue weighted by molar-refractivity contribution is 0.568. The molecule has 0 amide bonds. The number of rotatable bonds is 3. The zero-order valence-electron chi connectivity index (χ0n) is 45.1. The molecule has 0 unspecified atom stereocenters. The molecule has 0 radical (unpaired) electrons. The summed E-state index contributed by atoms with van der Waals surface area (Å²) in [6, 6.07) is 64.2. The summed E-state index contributed by atoms with van der Waals surface area (Å²) < 4.78 is 0. The van der Waals surface area contributed by atoms with Gasteiger partial charge in [0.1, 0.15) is 0 Å². The van der Waals surface area contributed by atoms with Crippen molar-refractivity contribution < 1.29 is 0 Å². The normalized spacial score (nSPS) is 14.8. The summed E-state index contributed by atoms with van der Waals surface area (Å²) in [6.45, 7) is 33.1. The Morgan fingerprint density at radius 1 is 0.389 bits per heavy atom. The quantitative estimate of drug-likeness (QED) is 0.163. The van der Waals surface area contributed by atoms with E-state index in [2.05, 4.69) is 271 Å². The van der Waals surface area contributed by atoms with Crippen molar-refractivity contribution >= 4 is 78.8 Å². The molecule has 0 aromatic heterocycles. The van der Waals surface area contributed by atoms with Gasteiger partial charge >= 0.3 is 0 Å². The molecule has 2 aliphatic heterocycles. The lowest BCUT2D eigenvalue weighted by Crippen LogP contribution is -2.61. The molecule has 9 aromatic carbocycles. The van der Waals surface area contributed by atoms with Crippen LogP contribution in [0.15, 0.2) is 164 Å². The first-order valence-electron chi connectivity index (χ1n) is 26.4. The maximum absolute atomic E-state index is 2.69. The monoisotopic (exact) mass is 937 g/mol. The van der Waals surface area contributed by atoms with E-state index in [1.165, 1.54) is 128 Å². The predicted octanol–water partition coefficient (Wildman–Crippen LogP) is 17.2. The van der Waals surface area contributed by atoms with Crippen LogP contribution in [0.3, 0.4) is 0 Å². The van der Waals surface area contributed by atoms with Crippen LogP contribution in [0.2, 0.25) is 0 Å². The highest BCUT2D eigenvalue weighted by atomic mass is 15.2. The summed E-state index contributed by atoms with van der Waals surface area (Å²) >= 11 is 0. The van der Waals surface area contributed by atoms with Gasteiger partial charge in [0.2, 0.25) is 0 Å². The van der Waals surface area contributed by atoms with Crippen molar-refractivity contribution in [2.24, 2.45) is 0 Å². The summed E-state index contributed by atoms with van der Waals surface area (Å²) in [6.07, 6.45) is 0. The standard InChI is InChI=1S/C69H69BN2/c1-65(2,3)45-36-46(66(4,5)6)39-49(38-45)71-59-34-44(51-27-21-29-56-61(51)54-26-19-20-28-55(54)69(56,13)14)35-60-62(59)70(57-32-30-42-22-15-17-24-52(42)63(57)71)58-33-31-43-23-16-18-25-53(43)64(58)72(60)50-40-47(67(7,8)9)37-48(41-50)68(10,11)12/h15-41H,1-14H3. The molecule has 0 fully saturated rings.